The summed E-state index contributed by atoms with van der Waals surface area (Å²) in [6.07, 6.45) is 2.97. The van der Waals surface area contributed by atoms with Gasteiger partial charge in [-0.15, -0.1) is 102 Å². The molecule has 0 aliphatic carbocycles. The van der Waals surface area contributed by atoms with Gasteiger partial charge in [0.05, 0.1) is 148 Å². The first-order valence-corrected chi connectivity index (χ1v) is 53.4. The van der Waals surface area contributed by atoms with E-state index < -0.39 is 0 Å². The molecule has 15 aromatic rings. The summed E-state index contributed by atoms with van der Waals surface area (Å²) < 4.78 is 97.9. The molecule has 9 fully saturated rings. The normalized spacial score (nSPS) is 19.2. The lowest BCUT2D eigenvalue weighted by Gasteiger charge is -2.23. The molecule has 0 N–H and O–H groups in total. The van der Waals surface area contributed by atoms with E-state index in [-0.39, 0.29) is 37.2 Å². The van der Waals surface area contributed by atoms with Crippen LogP contribution in [0.25, 0.3) is 62.6 Å². The molecule has 9 aliphatic heterocycles. The lowest BCUT2D eigenvalue weighted by Crippen LogP contribution is -2.22. The molecule has 9 aliphatic rings. The Morgan fingerprint density at radius 3 is 0.896 bits per heavy atom. The van der Waals surface area contributed by atoms with Crippen molar-refractivity contribution in [2.45, 2.75) is 74.2 Å². The van der Waals surface area contributed by atoms with Gasteiger partial charge in [-0.1, -0.05) is 200 Å². The molecule has 18 nitrogen and oxygen atoms in total. The second-order valence-corrected chi connectivity index (χ2v) is 40.9. The summed E-state index contributed by atoms with van der Waals surface area (Å²) >= 11 is 15.9. The van der Waals surface area contributed by atoms with Gasteiger partial charge in [0, 0.05) is 72.1 Å². The second kappa shape index (κ2) is 56.2. The average molecular weight is 1990 g/mol. The van der Waals surface area contributed by atoms with Gasteiger partial charge in [-0.25, -0.2) is 0 Å². The third-order valence-corrected chi connectivity index (χ3v) is 31.8. The predicted octanol–water partition coefficient (Wildman–Crippen LogP) is 27.6. The van der Waals surface area contributed by atoms with Crippen LogP contribution >= 0.6 is 102 Å². The standard InChI is InChI=1S/3C16H16O2.3C12H12O2S2.3C8H10O2S/c1-2-5-13(6-3-1)14-7-9-15(10-8-14)16-17-11-4-12-18-16;1-2-4-13(5-3-1)14-6-8-15(9-7-14)16-10-17-12-18-11-16;1-2-4-13(5-3-1)14-6-8-15(9-7-14)16-12-17-10-11-18-16;1-3-9(15-8-1)10-4-5-11(16-10)12-13-6-2-7-14-12;1-2-11(15-7-1)12-4-3-10(16-12)9-8-13-5-6-14-9;1-2-11(15-5-1)12-4-3-10(16-12)9-6-13-8-14-7-9;1-3-7(11-6-1)8-9-4-2-5-10-8;1-2-8(11-5-1)7-6-9-3-4-10-7;1-2-8(11-3-1)7-4-9-6-10-5-7/h1-3,5-10,16H,4,11-12H2;2*1-9,16H,10-12H2;1,3-5,8,12H,2,6-7H2;1-4,7,9H,5-6,8H2;1-5,9H,6-8H2;1,3,6,8H,2,4-5H2;1-2,5,7H,3-4,6H2;1-3,7H,4-6H2. The van der Waals surface area contributed by atoms with Crippen LogP contribution in [0, 0.1) is 0 Å². The molecule has 0 spiro atoms. The Hall–Kier alpha value is -8.10. The van der Waals surface area contributed by atoms with Gasteiger partial charge in [0.1, 0.15) is 38.7 Å². The van der Waals surface area contributed by atoms with Crippen LogP contribution in [0.15, 0.2) is 305 Å². The molecular weight excluding hydrogens is 1870 g/mol. The molecule has 0 radical (unpaired) electrons. The highest BCUT2D eigenvalue weighted by atomic mass is 32.1. The fourth-order valence-electron chi connectivity index (χ4n) is 15.2. The molecule has 0 bridgehead atoms. The number of hydrogen-bond donors (Lipinski definition) is 0. The highest BCUT2D eigenvalue weighted by Crippen LogP contribution is 2.41. The molecule has 18 heterocycles. The quantitative estimate of drug-likeness (QED) is 0.0950. The van der Waals surface area contributed by atoms with Crippen molar-refractivity contribution >= 4 is 102 Å². The van der Waals surface area contributed by atoms with E-state index in [1.165, 1.54) is 103 Å². The van der Waals surface area contributed by atoms with Crippen molar-refractivity contribution in [2.75, 3.05) is 159 Å². The van der Waals surface area contributed by atoms with Crippen molar-refractivity contribution in [3.8, 4) is 62.6 Å². The Balaban J connectivity index is 0.000000111. The molecule has 9 saturated heterocycles. The van der Waals surface area contributed by atoms with Crippen molar-refractivity contribution < 1.29 is 85.3 Å². The van der Waals surface area contributed by atoms with Crippen LogP contribution < -0.4 is 0 Å². The zero-order valence-corrected chi connectivity index (χ0v) is 82.6. The molecule has 3 atom stereocenters. The topological polar surface area (TPSA) is 166 Å². The van der Waals surface area contributed by atoms with Crippen molar-refractivity contribution in [2.24, 2.45) is 0 Å². The zero-order chi connectivity index (χ0) is 91.6. The lowest BCUT2D eigenvalue weighted by atomic mass is 9.97. The highest BCUT2D eigenvalue weighted by Gasteiger charge is 2.26. The molecule has 3 unspecified atom stereocenters. The molecule has 708 valence electrons. The summed E-state index contributed by atoms with van der Waals surface area (Å²) in [7, 11) is 0. The molecular formula is C108H114O18S9. The van der Waals surface area contributed by atoms with E-state index in [9.17, 15) is 0 Å². The first kappa shape index (κ1) is 99.9. The minimum absolute atomic E-state index is 0.0866. The van der Waals surface area contributed by atoms with Crippen LogP contribution in [-0.4, -0.2) is 159 Å². The van der Waals surface area contributed by atoms with Crippen LogP contribution in [0.5, 0.6) is 0 Å². The summed E-state index contributed by atoms with van der Waals surface area (Å²) in [5.41, 5.74) is 11.0. The Bertz CT molecular complexity index is 5000. The van der Waals surface area contributed by atoms with Crippen LogP contribution in [0.3, 0.4) is 0 Å². The van der Waals surface area contributed by atoms with Gasteiger partial charge >= 0.3 is 0 Å². The van der Waals surface area contributed by atoms with E-state index in [4.69, 9.17) is 85.3 Å². The minimum Gasteiger partial charge on any atom is -0.376 e. The fraction of sp³-hybridized carbons (Fsp3) is 0.333. The second-order valence-electron chi connectivity index (χ2n) is 31.8. The maximum absolute atomic E-state index is 5.68. The first-order chi connectivity index (χ1) is 67.0. The van der Waals surface area contributed by atoms with Crippen molar-refractivity contribution in [3.05, 3.63) is 351 Å². The van der Waals surface area contributed by atoms with E-state index in [0.717, 1.165) is 124 Å². The number of ether oxygens (including phenoxy) is 18. The lowest BCUT2D eigenvalue weighted by molar-refractivity contribution is -0.183. The summed E-state index contributed by atoms with van der Waals surface area (Å²) in [6.45, 7) is 17.2. The van der Waals surface area contributed by atoms with Crippen LogP contribution in [-0.2, 0) is 85.3 Å². The monoisotopic (exact) mass is 1990 g/mol. The van der Waals surface area contributed by atoms with Crippen molar-refractivity contribution in [3.63, 3.8) is 0 Å². The van der Waals surface area contributed by atoms with E-state index in [2.05, 4.69) is 263 Å². The Morgan fingerprint density at radius 1 is 0.178 bits per heavy atom. The summed E-state index contributed by atoms with van der Waals surface area (Å²) in [5.74, 6) is 1.24. The maximum Gasteiger partial charge on any atom is 0.193 e. The molecule has 6 aromatic carbocycles. The van der Waals surface area contributed by atoms with Crippen molar-refractivity contribution in [1.82, 2.24) is 0 Å². The fourth-order valence-corrected chi connectivity index (χ4v) is 23.1. The number of benzene rings is 6. The maximum atomic E-state index is 5.68. The van der Waals surface area contributed by atoms with Gasteiger partial charge in [0.15, 0.2) is 18.9 Å². The Kier molecular flexibility index (Phi) is 41.6. The molecule has 27 heteroatoms. The van der Waals surface area contributed by atoms with Gasteiger partial charge < -0.3 is 85.3 Å². The smallest absolute Gasteiger partial charge is 0.193 e. The average Bonchev–Trinajstić information content (AvgIpc) is 1.52. The van der Waals surface area contributed by atoms with Crippen molar-refractivity contribution in [1.29, 1.82) is 0 Å². The van der Waals surface area contributed by atoms with Crippen LogP contribution in [0.4, 0.5) is 0 Å². The van der Waals surface area contributed by atoms with Gasteiger partial charge in [0.25, 0.3) is 0 Å². The Labute approximate surface area is 827 Å². The van der Waals surface area contributed by atoms with E-state index in [1.54, 1.807) is 90.7 Å². The van der Waals surface area contributed by atoms with E-state index >= 15 is 0 Å². The van der Waals surface area contributed by atoms with Gasteiger partial charge in [-0.05, 0) is 169 Å². The van der Waals surface area contributed by atoms with E-state index in [0.29, 0.717) is 77.8 Å². The molecule has 24 rings (SSSR count). The summed E-state index contributed by atoms with van der Waals surface area (Å²) in [6, 6.07) is 94.8. The van der Waals surface area contributed by atoms with Gasteiger partial charge in [-0.3, -0.25) is 0 Å². The summed E-state index contributed by atoms with van der Waals surface area (Å²) in [4.78, 5) is 15.5. The Morgan fingerprint density at radius 2 is 0.496 bits per heavy atom. The first-order valence-electron chi connectivity index (χ1n) is 45.7. The third-order valence-electron chi connectivity index (χ3n) is 22.2. The SMILES string of the molecule is c1ccc(-c2ccc(C3COCCO3)cc2)cc1.c1ccc(-c2ccc(C3COCOC3)cc2)cc1.c1ccc(-c2ccc(C3OCCCO3)cc2)cc1.c1csc(-c2ccc(C3COCCO3)s2)c1.c1csc(-c2ccc(C3COCOC3)s2)c1.c1csc(-c2ccc(C3OCCCO3)s2)c1.c1csc(C2COCCO2)c1.c1csc(C2COCOC2)c1.c1csc(C2OCCCO2)c1. The molecule has 0 saturated carbocycles. The number of hydrogen-bond acceptors (Lipinski definition) is 27. The number of rotatable bonds is 15. The van der Waals surface area contributed by atoms with Crippen LogP contribution in [0.2, 0.25) is 0 Å². The van der Waals surface area contributed by atoms with Gasteiger partial charge in [-0.2, -0.15) is 0 Å². The highest BCUT2D eigenvalue weighted by molar-refractivity contribution is 7.22. The third kappa shape index (κ3) is 31.7. The largest absolute Gasteiger partial charge is 0.376 e. The zero-order valence-electron chi connectivity index (χ0n) is 75.3. The molecule has 135 heavy (non-hydrogen) atoms. The van der Waals surface area contributed by atoms with E-state index in [1.807, 2.05) is 53.1 Å². The molecule has 9 aromatic heterocycles. The summed E-state index contributed by atoms with van der Waals surface area (Å²) in [5, 5.41) is 12.5. The predicted molar refractivity (Wildman–Crippen MR) is 546 cm³/mol. The molecule has 0 amide bonds. The van der Waals surface area contributed by atoms with Gasteiger partial charge in [0.2, 0.25) is 0 Å². The van der Waals surface area contributed by atoms with Crippen LogP contribution in [0.1, 0.15) is 120 Å². The minimum atomic E-state index is -0.191. The number of thiophene rings is 9.